The lowest BCUT2D eigenvalue weighted by atomic mass is 10.1. The van der Waals surface area contributed by atoms with E-state index in [1.165, 1.54) is 0 Å². The highest BCUT2D eigenvalue weighted by molar-refractivity contribution is 7.17. The summed E-state index contributed by atoms with van der Waals surface area (Å²) < 4.78 is 5.14. The van der Waals surface area contributed by atoms with Crippen molar-refractivity contribution < 1.29 is 9.53 Å². The SMILES string of the molecule is COCc1cccc(-c2ccc(C(=O)C(C)C)s2)c1. The Labute approximate surface area is 118 Å². The molecule has 2 rings (SSSR count). The van der Waals surface area contributed by atoms with Crippen molar-refractivity contribution in [2.75, 3.05) is 7.11 Å². The van der Waals surface area contributed by atoms with Gasteiger partial charge in [-0.25, -0.2) is 0 Å². The molecule has 3 heteroatoms. The summed E-state index contributed by atoms with van der Waals surface area (Å²) in [5.74, 6) is 0.260. The van der Waals surface area contributed by atoms with Gasteiger partial charge in [0.25, 0.3) is 0 Å². The largest absolute Gasteiger partial charge is 0.380 e. The van der Waals surface area contributed by atoms with Crippen molar-refractivity contribution in [2.24, 2.45) is 5.92 Å². The summed E-state index contributed by atoms with van der Waals surface area (Å²) in [6.45, 7) is 4.47. The number of hydrogen-bond donors (Lipinski definition) is 0. The Morgan fingerprint density at radius 1 is 1.26 bits per heavy atom. The van der Waals surface area contributed by atoms with Gasteiger partial charge in [-0.3, -0.25) is 4.79 Å². The average molecular weight is 274 g/mol. The van der Waals surface area contributed by atoms with Crippen molar-refractivity contribution in [2.45, 2.75) is 20.5 Å². The van der Waals surface area contributed by atoms with Gasteiger partial charge in [0.05, 0.1) is 11.5 Å². The van der Waals surface area contributed by atoms with Gasteiger partial charge in [0, 0.05) is 17.9 Å². The van der Waals surface area contributed by atoms with E-state index in [2.05, 4.69) is 12.1 Å². The number of carbonyl (C=O) groups is 1. The Hall–Kier alpha value is -1.45. The Bertz CT molecular complexity index is 570. The molecule has 2 aromatic rings. The van der Waals surface area contributed by atoms with Gasteiger partial charge < -0.3 is 4.74 Å². The second-order valence-electron chi connectivity index (χ2n) is 4.82. The second kappa shape index (κ2) is 6.13. The maximum Gasteiger partial charge on any atom is 0.175 e. The molecule has 0 bridgehead atoms. The quantitative estimate of drug-likeness (QED) is 0.755. The standard InChI is InChI=1S/C16H18O2S/c1-11(2)16(17)15-8-7-14(19-15)13-6-4-5-12(9-13)10-18-3/h4-9,11H,10H2,1-3H3. The molecular weight excluding hydrogens is 256 g/mol. The number of ketones is 1. The van der Waals surface area contributed by atoms with Crippen molar-refractivity contribution in [3.63, 3.8) is 0 Å². The first-order chi connectivity index (χ1) is 9.11. The summed E-state index contributed by atoms with van der Waals surface area (Å²) in [5, 5.41) is 0. The van der Waals surface area contributed by atoms with Crippen LogP contribution < -0.4 is 0 Å². The van der Waals surface area contributed by atoms with Crippen molar-refractivity contribution in [3.8, 4) is 10.4 Å². The van der Waals surface area contributed by atoms with Crippen LogP contribution in [-0.2, 0) is 11.3 Å². The molecule has 0 spiro atoms. The van der Waals surface area contributed by atoms with Crippen LogP contribution in [0, 0.1) is 5.92 Å². The van der Waals surface area contributed by atoms with Gasteiger partial charge in [-0.2, -0.15) is 0 Å². The fourth-order valence-corrected chi connectivity index (χ4v) is 2.98. The molecule has 0 fully saturated rings. The van der Waals surface area contributed by atoms with Crippen LogP contribution in [0.25, 0.3) is 10.4 Å². The predicted molar refractivity (Wildman–Crippen MR) is 79.6 cm³/mol. The molecule has 19 heavy (non-hydrogen) atoms. The fraction of sp³-hybridized carbons (Fsp3) is 0.312. The van der Waals surface area contributed by atoms with Gasteiger partial charge >= 0.3 is 0 Å². The molecule has 0 aliphatic rings. The maximum atomic E-state index is 11.9. The highest BCUT2D eigenvalue weighted by Crippen LogP contribution is 2.30. The van der Waals surface area contributed by atoms with Crippen LogP contribution in [0.2, 0.25) is 0 Å². The van der Waals surface area contributed by atoms with Crippen molar-refractivity contribution >= 4 is 17.1 Å². The van der Waals surface area contributed by atoms with Crippen molar-refractivity contribution in [3.05, 3.63) is 46.8 Å². The number of hydrogen-bond acceptors (Lipinski definition) is 3. The second-order valence-corrected chi connectivity index (χ2v) is 5.90. The fourth-order valence-electron chi connectivity index (χ4n) is 1.89. The molecule has 0 unspecified atom stereocenters. The van der Waals surface area contributed by atoms with Crippen molar-refractivity contribution in [1.29, 1.82) is 0 Å². The van der Waals surface area contributed by atoms with Gasteiger partial charge in [0.15, 0.2) is 5.78 Å². The monoisotopic (exact) mass is 274 g/mol. The maximum absolute atomic E-state index is 11.9. The van der Waals surface area contributed by atoms with Crippen LogP contribution in [0.1, 0.15) is 29.1 Å². The summed E-state index contributed by atoms with van der Waals surface area (Å²) in [5.41, 5.74) is 2.28. The molecular formula is C16H18O2S. The van der Waals surface area contributed by atoms with E-state index in [9.17, 15) is 4.79 Å². The number of thiophene rings is 1. The summed E-state index contributed by atoms with van der Waals surface area (Å²) in [4.78, 5) is 13.9. The Kier molecular flexibility index (Phi) is 4.51. The average Bonchev–Trinajstić information content (AvgIpc) is 2.88. The predicted octanol–water partition coefficient (Wildman–Crippen LogP) is 4.40. The number of rotatable bonds is 5. The van der Waals surface area contributed by atoms with Gasteiger partial charge in [-0.1, -0.05) is 32.0 Å². The number of ether oxygens (including phenoxy) is 1. The summed E-state index contributed by atoms with van der Waals surface area (Å²) >= 11 is 1.56. The Balaban J connectivity index is 2.27. The van der Waals surface area contributed by atoms with E-state index in [0.29, 0.717) is 6.61 Å². The summed E-state index contributed by atoms with van der Waals surface area (Å²) in [7, 11) is 1.69. The number of Topliss-reactive ketones (excluding diaryl/α,β-unsaturated/α-hetero) is 1. The van der Waals surface area contributed by atoms with E-state index in [0.717, 1.165) is 20.9 Å². The van der Waals surface area contributed by atoms with Gasteiger partial charge in [-0.15, -0.1) is 11.3 Å². The third-order valence-corrected chi connectivity index (χ3v) is 4.04. The third kappa shape index (κ3) is 3.31. The first-order valence-corrected chi connectivity index (χ1v) is 7.15. The van der Waals surface area contributed by atoms with Crippen LogP contribution >= 0.6 is 11.3 Å². The molecule has 1 heterocycles. The molecule has 1 aromatic carbocycles. The minimum Gasteiger partial charge on any atom is -0.380 e. The zero-order valence-electron chi connectivity index (χ0n) is 11.5. The lowest BCUT2D eigenvalue weighted by Crippen LogP contribution is -2.04. The highest BCUT2D eigenvalue weighted by atomic mass is 32.1. The van der Waals surface area contributed by atoms with Crippen LogP contribution in [0.15, 0.2) is 36.4 Å². The number of carbonyl (C=O) groups excluding carboxylic acids is 1. The smallest absolute Gasteiger partial charge is 0.175 e. The molecule has 0 aliphatic carbocycles. The van der Waals surface area contributed by atoms with Crippen molar-refractivity contribution in [1.82, 2.24) is 0 Å². The minimum atomic E-state index is 0.0475. The van der Waals surface area contributed by atoms with Gasteiger partial charge in [0.2, 0.25) is 0 Å². The van der Waals surface area contributed by atoms with E-state index in [1.54, 1.807) is 18.4 Å². The molecule has 0 radical (unpaired) electrons. The molecule has 1 aromatic heterocycles. The summed E-state index contributed by atoms with van der Waals surface area (Å²) in [6.07, 6.45) is 0. The molecule has 0 aliphatic heterocycles. The van der Waals surface area contributed by atoms with E-state index in [1.807, 2.05) is 38.1 Å². The zero-order valence-corrected chi connectivity index (χ0v) is 12.3. The minimum absolute atomic E-state index is 0.0475. The molecule has 2 nitrogen and oxygen atoms in total. The van der Waals surface area contributed by atoms with E-state index < -0.39 is 0 Å². The summed E-state index contributed by atoms with van der Waals surface area (Å²) in [6, 6.07) is 12.2. The van der Waals surface area contributed by atoms with Crippen LogP contribution in [0.3, 0.4) is 0 Å². The Morgan fingerprint density at radius 3 is 2.74 bits per heavy atom. The van der Waals surface area contributed by atoms with Gasteiger partial charge in [-0.05, 0) is 29.3 Å². The molecule has 0 amide bonds. The number of methoxy groups -OCH3 is 1. The highest BCUT2D eigenvalue weighted by Gasteiger charge is 2.13. The number of benzene rings is 1. The molecule has 100 valence electrons. The van der Waals surface area contributed by atoms with E-state index in [4.69, 9.17) is 4.74 Å². The van der Waals surface area contributed by atoms with Crippen LogP contribution in [0.4, 0.5) is 0 Å². The third-order valence-electron chi connectivity index (χ3n) is 2.90. The first-order valence-electron chi connectivity index (χ1n) is 6.34. The van der Waals surface area contributed by atoms with Crippen LogP contribution in [0.5, 0.6) is 0 Å². The van der Waals surface area contributed by atoms with Gasteiger partial charge in [0.1, 0.15) is 0 Å². The first kappa shape index (κ1) is 14.0. The lowest BCUT2D eigenvalue weighted by molar-refractivity contribution is 0.0943. The zero-order chi connectivity index (χ0) is 13.8. The molecule has 0 saturated carbocycles. The molecule has 0 N–H and O–H groups in total. The molecule has 0 saturated heterocycles. The lowest BCUT2D eigenvalue weighted by Gasteiger charge is -2.03. The van der Waals surface area contributed by atoms with E-state index in [-0.39, 0.29) is 11.7 Å². The van der Waals surface area contributed by atoms with Crippen LogP contribution in [-0.4, -0.2) is 12.9 Å². The normalized spacial score (nSPS) is 10.9. The topological polar surface area (TPSA) is 26.3 Å². The molecule has 0 atom stereocenters. The Morgan fingerprint density at radius 2 is 2.05 bits per heavy atom. The van der Waals surface area contributed by atoms with E-state index >= 15 is 0 Å².